The molecule has 2 aromatic rings. The molecule has 0 heterocycles. The van der Waals surface area contributed by atoms with Gasteiger partial charge in [-0.3, -0.25) is 9.79 Å². The van der Waals surface area contributed by atoms with Crippen LogP contribution >= 0.6 is 0 Å². The Morgan fingerprint density at radius 2 is 0.760 bits per heavy atom. The van der Waals surface area contributed by atoms with Crippen molar-refractivity contribution in [1.29, 1.82) is 0 Å². The van der Waals surface area contributed by atoms with Crippen molar-refractivity contribution >= 4 is 11.5 Å². The lowest BCUT2D eigenvalue weighted by atomic mass is 9.73. The van der Waals surface area contributed by atoms with Crippen molar-refractivity contribution < 1.29 is 4.79 Å². The van der Waals surface area contributed by atoms with E-state index in [4.69, 9.17) is 0 Å². The molecule has 0 atom stereocenters. The highest BCUT2D eigenvalue weighted by Crippen LogP contribution is 2.39. The van der Waals surface area contributed by atoms with Crippen LogP contribution in [-0.2, 0) is 0 Å². The van der Waals surface area contributed by atoms with Crippen LogP contribution in [0.1, 0.15) is 71.6 Å². The number of benzene rings is 2. The lowest BCUT2D eigenvalue weighted by Crippen LogP contribution is -2.28. The second kappa shape index (κ2) is 5.66. The van der Waals surface area contributed by atoms with Gasteiger partial charge in [0.1, 0.15) is 0 Å². The summed E-state index contributed by atoms with van der Waals surface area (Å²) in [5, 5.41) is 0. The van der Waals surface area contributed by atoms with Crippen LogP contribution in [0.25, 0.3) is 0 Å². The minimum absolute atomic E-state index is 0.157. The predicted octanol–water partition coefficient (Wildman–Crippen LogP) is 5.17. The maximum Gasteiger partial charge on any atom is 0.194 e. The van der Waals surface area contributed by atoms with E-state index in [9.17, 15) is 4.79 Å². The first-order valence-electron chi connectivity index (χ1n) is 8.87. The highest BCUT2D eigenvalue weighted by atomic mass is 16.1. The fourth-order valence-electron chi connectivity index (χ4n) is 4.26. The number of aliphatic imine (C=N–C) groups is 1. The van der Waals surface area contributed by atoms with Gasteiger partial charge in [-0.1, -0.05) is 0 Å². The van der Waals surface area contributed by atoms with E-state index in [0.29, 0.717) is 0 Å². The highest BCUT2D eigenvalue weighted by Gasteiger charge is 2.35. The van der Waals surface area contributed by atoms with Gasteiger partial charge in [0.15, 0.2) is 5.78 Å². The summed E-state index contributed by atoms with van der Waals surface area (Å²) < 4.78 is 0. The molecule has 0 fully saturated rings. The molecular weight excluding hydrogens is 306 g/mol. The zero-order chi connectivity index (χ0) is 18.8. The number of carbonyl (C=O) groups is 1. The van der Waals surface area contributed by atoms with Crippen molar-refractivity contribution in [3.8, 4) is 0 Å². The Bertz CT molecular complexity index is 915. The standard InChI is InChI=1S/C23H27NO/c1-10-12(3)16(7)20-18(14(10)5)22(24-9)19-15(6)11(2)13(4)17(8)21(19)23(20)25/h1-9H3. The summed E-state index contributed by atoms with van der Waals surface area (Å²) in [4.78, 5) is 18.3. The summed E-state index contributed by atoms with van der Waals surface area (Å²) in [7, 11) is 1.84. The Kier molecular flexibility index (Phi) is 3.98. The number of hydrogen-bond donors (Lipinski definition) is 0. The Hall–Kier alpha value is -2.22. The molecule has 0 bridgehead atoms. The molecule has 0 saturated heterocycles. The summed E-state index contributed by atoms with van der Waals surface area (Å²) >= 11 is 0. The molecular formula is C23H27NO. The minimum atomic E-state index is 0.157. The second-order valence-electron chi connectivity index (χ2n) is 7.40. The van der Waals surface area contributed by atoms with Gasteiger partial charge in [-0.05, 0) is 99.9 Å². The number of rotatable bonds is 0. The first kappa shape index (κ1) is 17.6. The van der Waals surface area contributed by atoms with Crippen LogP contribution in [0.15, 0.2) is 4.99 Å². The molecule has 2 heteroatoms. The fraction of sp³-hybridized carbons (Fsp3) is 0.391. The van der Waals surface area contributed by atoms with Crippen molar-refractivity contribution in [2.45, 2.75) is 55.4 Å². The van der Waals surface area contributed by atoms with Crippen molar-refractivity contribution in [3.63, 3.8) is 0 Å². The monoisotopic (exact) mass is 333 g/mol. The summed E-state index contributed by atoms with van der Waals surface area (Å²) in [6.45, 7) is 16.9. The molecule has 0 N–H and O–H groups in total. The molecule has 0 amide bonds. The zero-order valence-electron chi connectivity index (χ0n) is 16.9. The van der Waals surface area contributed by atoms with Gasteiger partial charge in [0.2, 0.25) is 0 Å². The normalized spacial score (nSPS) is 13.0. The van der Waals surface area contributed by atoms with Crippen LogP contribution in [0.2, 0.25) is 0 Å². The summed E-state index contributed by atoms with van der Waals surface area (Å²) in [6.07, 6.45) is 0. The minimum Gasteiger partial charge on any atom is -0.289 e. The van der Waals surface area contributed by atoms with E-state index in [0.717, 1.165) is 39.1 Å². The van der Waals surface area contributed by atoms with E-state index in [1.165, 1.54) is 33.4 Å². The van der Waals surface area contributed by atoms with E-state index >= 15 is 0 Å². The molecule has 25 heavy (non-hydrogen) atoms. The maximum atomic E-state index is 13.6. The maximum absolute atomic E-state index is 13.6. The van der Waals surface area contributed by atoms with Gasteiger partial charge in [-0.15, -0.1) is 0 Å². The van der Waals surface area contributed by atoms with Gasteiger partial charge in [-0.25, -0.2) is 0 Å². The molecule has 1 aliphatic rings. The summed E-state index contributed by atoms with van der Waals surface area (Å²) in [5.74, 6) is 0.157. The molecule has 0 aliphatic heterocycles. The van der Waals surface area contributed by atoms with Crippen molar-refractivity contribution in [3.05, 3.63) is 66.8 Å². The number of carbonyl (C=O) groups excluding carboxylic acids is 1. The van der Waals surface area contributed by atoms with Crippen LogP contribution in [0.5, 0.6) is 0 Å². The molecule has 0 radical (unpaired) electrons. The highest BCUT2D eigenvalue weighted by molar-refractivity contribution is 6.32. The van der Waals surface area contributed by atoms with Crippen molar-refractivity contribution in [1.82, 2.24) is 0 Å². The average Bonchev–Trinajstić information content (AvgIpc) is 2.59. The molecule has 1 aliphatic carbocycles. The number of ketones is 1. The molecule has 0 spiro atoms. The Balaban J connectivity index is 2.59. The Morgan fingerprint density at radius 1 is 0.480 bits per heavy atom. The second-order valence-corrected chi connectivity index (χ2v) is 7.40. The number of nitrogens with zero attached hydrogens (tertiary/aromatic N) is 1. The third-order valence-corrected chi connectivity index (χ3v) is 6.53. The topological polar surface area (TPSA) is 29.4 Å². The van der Waals surface area contributed by atoms with Crippen LogP contribution in [0.4, 0.5) is 0 Å². The van der Waals surface area contributed by atoms with Gasteiger partial charge < -0.3 is 0 Å². The zero-order valence-corrected chi connectivity index (χ0v) is 16.9. The summed E-state index contributed by atoms with van der Waals surface area (Å²) in [5.41, 5.74) is 14.2. The van der Waals surface area contributed by atoms with E-state index in [1.54, 1.807) is 0 Å². The van der Waals surface area contributed by atoms with Gasteiger partial charge in [-0.2, -0.15) is 0 Å². The van der Waals surface area contributed by atoms with Gasteiger partial charge in [0.25, 0.3) is 0 Å². The SMILES string of the molecule is CN=C1c2c(C)c(C)c(C)c(C)c2C(=O)c2c(C)c(C)c(C)c(C)c21. The van der Waals surface area contributed by atoms with E-state index in [-0.39, 0.29) is 5.78 Å². The summed E-state index contributed by atoms with van der Waals surface area (Å²) in [6, 6.07) is 0. The molecule has 130 valence electrons. The lowest BCUT2D eigenvalue weighted by Gasteiger charge is -2.30. The molecule has 2 aromatic carbocycles. The van der Waals surface area contributed by atoms with Gasteiger partial charge >= 0.3 is 0 Å². The van der Waals surface area contributed by atoms with Crippen LogP contribution in [0.3, 0.4) is 0 Å². The van der Waals surface area contributed by atoms with Crippen LogP contribution < -0.4 is 0 Å². The quantitative estimate of drug-likeness (QED) is 0.558. The van der Waals surface area contributed by atoms with Crippen LogP contribution in [0, 0.1) is 55.4 Å². The van der Waals surface area contributed by atoms with Crippen molar-refractivity contribution in [2.24, 2.45) is 4.99 Å². The van der Waals surface area contributed by atoms with Gasteiger partial charge in [0.05, 0.1) is 5.71 Å². The third-order valence-electron chi connectivity index (χ3n) is 6.53. The smallest absolute Gasteiger partial charge is 0.194 e. The molecule has 2 nitrogen and oxygen atoms in total. The molecule has 0 unspecified atom stereocenters. The van der Waals surface area contributed by atoms with Crippen LogP contribution in [-0.4, -0.2) is 18.5 Å². The van der Waals surface area contributed by atoms with E-state index < -0.39 is 0 Å². The predicted molar refractivity (Wildman–Crippen MR) is 106 cm³/mol. The van der Waals surface area contributed by atoms with Crippen molar-refractivity contribution in [2.75, 3.05) is 7.05 Å². The lowest BCUT2D eigenvalue weighted by molar-refractivity contribution is 0.103. The fourth-order valence-corrected chi connectivity index (χ4v) is 4.26. The molecule has 0 saturated carbocycles. The first-order valence-corrected chi connectivity index (χ1v) is 8.87. The van der Waals surface area contributed by atoms with E-state index in [2.05, 4.69) is 60.4 Å². The van der Waals surface area contributed by atoms with Gasteiger partial charge in [0, 0.05) is 29.3 Å². The molecule has 0 aromatic heterocycles. The third kappa shape index (κ3) is 2.09. The first-order chi connectivity index (χ1) is 11.6. The Labute approximate surface area is 151 Å². The largest absolute Gasteiger partial charge is 0.289 e. The molecule has 3 rings (SSSR count). The Morgan fingerprint density at radius 3 is 1.04 bits per heavy atom. The number of fused-ring (bicyclic) bond motifs is 2. The average molecular weight is 333 g/mol. The van der Waals surface area contributed by atoms with E-state index in [1.807, 2.05) is 7.05 Å². The number of hydrogen-bond acceptors (Lipinski definition) is 2.